The number of nitriles is 1. The molecule has 0 atom stereocenters. The van der Waals surface area contributed by atoms with Crippen LogP contribution in [0.1, 0.15) is 16.7 Å². The van der Waals surface area contributed by atoms with Crippen molar-refractivity contribution in [3.63, 3.8) is 0 Å². The van der Waals surface area contributed by atoms with E-state index in [2.05, 4.69) is 21.2 Å². The van der Waals surface area contributed by atoms with E-state index in [1.165, 1.54) is 6.08 Å². The lowest BCUT2D eigenvalue weighted by Gasteiger charge is -2.11. The minimum Gasteiger partial charge on any atom is -0.489 e. The number of hydrogen-bond donors (Lipinski definition) is 1. The summed E-state index contributed by atoms with van der Waals surface area (Å²) in [7, 11) is 0. The number of carbonyl (C=O) groups is 1. The fraction of sp³-hybridized carbons (Fsp3) is 0.0667. The Morgan fingerprint density at radius 2 is 1.56 bits per heavy atom. The highest BCUT2D eigenvalue weighted by molar-refractivity contribution is 9.10. The predicted molar refractivity (Wildman–Crippen MR) is 159 cm³/mol. The Bertz CT molecular complexity index is 1550. The Kier molecular flexibility index (Phi) is 9.91. The van der Waals surface area contributed by atoms with Crippen molar-refractivity contribution in [1.29, 1.82) is 5.26 Å². The standard InChI is InChI=1S/C30H20BrCl3N2O3/c31-23-4-1-19(2-5-23)17-39-29-12-7-24(32)14-21(29)13-22(16-35)30(37)36-26-8-10-27(11-9-26)38-18-20-3-6-25(33)15-28(20)34/h1-15H,17-18H2,(H,36,37)/b22-13+. The molecule has 39 heavy (non-hydrogen) atoms. The van der Waals surface area contributed by atoms with E-state index in [0.29, 0.717) is 44.4 Å². The molecular formula is C30H20BrCl3N2O3. The molecule has 0 aliphatic heterocycles. The fourth-order valence-corrected chi connectivity index (χ4v) is 4.35. The third-order valence-electron chi connectivity index (χ3n) is 5.47. The molecule has 1 N–H and O–H groups in total. The maximum atomic E-state index is 12.9. The zero-order valence-corrected chi connectivity index (χ0v) is 24.1. The van der Waals surface area contributed by atoms with Crippen LogP contribution >= 0.6 is 50.7 Å². The van der Waals surface area contributed by atoms with Gasteiger partial charge >= 0.3 is 0 Å². The number of anilines is 1. The first-order valence-electron chi connectivity index (χ1n) is 11.6. The zero-order valence-electron chi connectivity index (χ0n) is 20.3. The summed E-state index contributed by atoms with van der Waals surface area (Å²) >= 11 is 21.7. The number of hydrogen-bond acceptors (Lipinski definition) is 4. The highest BCUT2D eigenvalue weighted by Gasteiger charge is 2.13. The Morgan fingerprint density at radius 1 is 0.872 bits per heavy atom. The van der Waals surface area contributed by atoms with Gasteiger partial charge in [0.2, 0.25) is 0 Å². The van der Waals surface area contributed by atoms with Gasteiger partial charge in [-0.1, -0.05) is 68.9 Å². The van der Waals surface area contributed by atoms with Crippen molar-refractivity contribution in [1.82, 2.24) is 0 Å². The van der Waals surface area contributed by atoms with Crippen molar-refractivity contribution in [2.45, 2.75) is 13.2 Å². The van der Waals surface area contributed by atoms with E-state index >= 15 is 0 Å². The molecule has 0 unspecified atom stereocenters. The Balaban J connectivity index is 1.42. The van der Waals surface area contributed by atoms with Gasteiger partial charge in [-0.05, 0) is 78.4 Å². The Hall–Kier alpha value is -3.47. The lowest BCUT2D eigenvalue weighted by atomic mass is 10.1. The number of nitrogens with one attached hydrogen (secondary N) is 1. The highest BCUT2D eigenvalue weighted by atomic mass is 79.9. The number of rotatable bonds is 9. The smallest absolute Gasteiger partial charge is 0.266 e. The van der Waals surface area contributed by atoms with Gasteiger partial charge in [0.05, 0.1) is 0 Å². The molecule has 4 rings (SSSR count). The number of halogens is 4. The van der Waals surface area contributed by atoms with E-state index in [-0.39, 0.29) is 12.2 Å². The van der Waals surface area contributed by atoms with Crippen LogP contribution in [0, 0.1) is 11.3 Å². The van der Waals surface area contributed by atoms with E-state index in [9.17, 15) is 10.1 Å². The normalized spacial score (nSPS) is 11.0. The van der Waals surface area contributed by atoms with E-state index in [0.717, 1.165) is 15.6 Å². The SMILES string of the molecule is N#C/C(=C\c1cc(Cl)ccc1OCc1ccc(Br)cc1)C(=O)Nc1ccc(OCc2ccc(Cl)cc2Cl)cc1. The molecule has 0 aliphatic rings. The quantitative estimate of drug-likeness (QED) is 0.146. The van der Waals surface area contributed by atoms with Crippen LogP contribution in [-0.2, 0) is 18.0 Å². The van der Waals surface area contributed by atoms with E-state index < -0.39 is 5.91 Å². The summed E-state index contributed by atoms with van der Waals surface area (Å²) in [5, 5.41) is 13.9. The van der Waals surface area contributed by atoms with E-state index in [1.54, 1.807) is 60.7 Å². The minimum absolute atomic E-state index is 0.108. The highest BCUT2D eigenvalue weighted by Crippen LogP contribution is 2.27. The Labute approximate surface area is 249 Å². The molecule has 0 saturated heterocycles. The molecule has 0 fully saturated rings. The lowest BCUT2D eigenvalue weighted by Crippen LogP contribution is -2.13. The van der Waals surface area contributed by atoms with Gasteiger partial charge in [0.15, 0.2) is 0 Å². The molecule has 5 nitrogen and oxygen atoms in total. The molecule has 1 amide bonds. The second-order valence-electron chi connectivity index (χ2n) is 8.27. The van der Waals surface area contributed by atoms with Gasteiger partial charge in [-0.15, -0.1) is 0 Å². The summed E-state index contributed by atoms with van der Waals surface area (Å²) in [6.45, 7) is 0.567. The maximum absolute atomic E-state index is 12.9. The van der Waals surface area contributed by atoms with Gasteiger partial charge < -0.3 is 14.8 Å². The van der Waals surface area contributed by atoms with Gasteiger partial charge in [-0.2, -0.15) is 5.26 Å². The van der Waals surface area contributed by atoms with Crippen LogP contribution in [0.5, 0.6) is 11.5 Å². The van der Waals surface area contributed by atoms with Gasteiger partial charge in [0.25, 0.3) is 5.91 Å². The predicted octanol–water partition coefficient (Wildman–Crippen LogP) is 9.11. The van der Waals surface area contributed by atoms with Crippen LogP contribution in [0.4, 0.5) is 5.69 Å². The first-order valence-corrected chi connectivity index (χ1v) is 13.5. The van der Waals surface area contributed by atoms with Crippen molar-refractivity contribution < 1.29 is 14.3 Å². The third-order valence-corrected chi connectivity index (χ3v) is 6.82. The molecule has 0 aliphatic carbocycles. The average molecular weight is 643 g/mol. The monoisotopic (exact) mass is 640 g/mol. The summed E-state index contributed by atoms with van der Waals surface area (Å²) in [5.41, 5.74) is 2.66. The number of amides is 1. The number of carbonyl (C=O) groups excluding carboxylic acids is 1. The van der Waals surface area contributed by atoms with Gasteiger partial charge in [0, 0.05) is 36.4 Å². The molecule has 0 radical (unpaired) electrons. The molecule has 4 aromatic carbocycles. The van der Waals surface area contributed by atoms with Crippen LogP contribution in [0.25, 0.3) is 6.08 Å². The minimum atomic E-state index is -0.571. The van der Waals surface area contributed by atoms with Crippen molar-refractivity contribution in [2.24, 2.45) is 0 Å². The van der Waals surface area contributed by atoms with Crippen LogP contribution in [0.3, 0.4) is 0 Å². The molecule has 0 saturated carbocycles. The first-order chi connectivity index (χ1) is 18.8. The molecule has 0 heterocycles. The lowest BCUT2D eigenvalue weighted by molar-refractivity contribution is -0.112. The maximum Gasteiger partial charge on any atom is 0.266 e. The summed E-state index contributed by atoms with van der Waals surface area (Å²) in [5.74, 6) is 0.504. The number of nitrogens with zero attached hydrogens (tertiary/aromatic N) is 1. The average Bonchev–Trinajstić information content (AvgIpc) is 2.92. The molecular weight excluding hydrogens is 623 g/mol. The van der Waals surface area contributed by atoms with Crippen molar-refractivity contribution in [3.8, 4) is 17.6 Å². The molecule has 9 heteroatoms. The molecule has 0 bridgehead atoms. The van der Waals surface area contributed by atoms with Crippen LogP contribution in [-0.4, -0.2) is 5.91 Å². The largest absolute Gasteiger partial charge is 0.489 e. The van der Waals surface area contributed by atoms with Crippen LogP contribution < -0.4 is 14.8 Å². The van der Waals surface area contributed by atoms with Gasteiger partial charge in [-0.3, -0.25) is 4.79 Å². The van der Waals surface area contributed by atoms with Crippen molar-refractivity contribution in [2.75, 3.05) is 5.32 Å². The van der Waals surface area contributed by atoms with Crippen LogP contribution in [0.15, 0.2) is 95.0 Å². The van der Waals surface area contributed by atoms with E-state index in [1.807, 2.05) is 30.3 Å². The number of benzene rings is 4. The van der Waals surface area contributed by atoms with Crippen molar-refractivity contribution in [3.05, 3.63) is 127 Å². The zero-order chi connectivity index (χ0) is 27.8. The number of ether oxygens (including phenoxy) is 2. The molecule has 4 aromatic rings. The fourth-order valence-electron chi connectivity index (χ4n) is 3.44. The van der Waals surface area contributed by atoms with Gasteiger partial charge in [-0.25, -0.2) is 0 Å². The summed E-state index contributed by atoms with van der Waals surface area (Å²) in [6, 6.07) is 26.7. The van der Waals surface area contributed by atoms with Crippen LogP contribution in [0.2, 0.25) is 15.1 Å². The topological polar surface area (TPSA) is 71.3 Å². The van der Waals surface area contributed by atoms with E-state index in [4.69, 9.17) is 44.3 Å². The van der Waals surface area contributed by atoms with Gasteiger partial charge in [0.1, 0.15) is 36.4 Å². The Morgan fingerprint density at radius 3 is 2.26 bits per heavy atom. The second kappa shape index (κ2) is 13.5. The van der Waals surface area contributed by atoms with Crippen molar-refractivity contribution >= 4 is 68.4 Å². The first kappa shape index (κ1) is 28.5. The summed E-state index contributed by atoms with van der Waals surface area (Å²) < 4.78 is 12.7. The molecule has 0 spiro atoms. The molecule has 0 aromatic heterocycles. The second-order valence-corrected chi connectivity index (χ2v) is 10.5. The molecule has 196 valence electrons. The summed E-state index contributed by atoms with van der Waals surface area (Å²) in [6.07, 6.45) is 1.45. The third kappa shape index (κ3) is 8.26. The summed E-state index contributed by atoms with van der Waals surface area (Å²) in [4.78, 5) is 12.9.